The molecule has 3 rings (SSSR count). The highest BCUT2D eigenvalue weighted by molar-refractivity contribution is 7.92. The molecular formula is C28H32ClN3O6S. The molecule has 0 aliphatic rings. The Morgan fingerprint density at radius 1 is 0.949 bits per heavy atom. The Kier molecular flexibility index (Phi) is 9.82. The summed E-state index contributed by atoms with van der Waals surface area (Å²) in [4.78, 5) is 27.7. The Bertz CT molecular complexity index is 1410. The average Bonchev–Trinajstić information content (AvgIpc) is 2.94. The fourth-order valence-corrected chi connectivity index (χ4v) is 5.46. The van der Waals surface area contributed by atoms with E-state index in [4.69, 9.17) is 21.1 Å². The number of hydrogen-bond donors (Lipinski definition) is 1. The van der Waals surface area contributed by atoms with Gasteiger partial charge in [-0.25, -0.2) is 8.42 Å². The summed E-state index contributed by atoms with van der Waals surface area (Å²) in [5.74, 6) is -0.274. The predicted octanol–water partition coefficient (Wildman–Crippen LogP) is 4.02. The third-order valence-corrected chi connectivity index (χ3v) is 8.26. The van der Waals surface area contributed by atoms with Crippen LogP contribution < -0.4 is 19.1 Å². The first-order chi connectivity index (χ1) is 18.5. The number of carbonyl (C=O) groups excluding carboxylic acids is 2. The van der Waals surface area contributed by atoms with E-state index in [1.165, 1.54) is 50.4 Å². The van der Waals surface area contributed by atoms with Gasteiger partial charge in [-0.15, -0.1) is 0 Å². The molecule has 9 nitrogen and oxygen atoms in total. The molecule has 0 fully saturated rings. The number of likely N-dealkylation sites (N-methyl/N-ethyl adjacent to an activating group) is 1. The highest BCUT2D eigenvalue weighted by atomic mass is 35.5. The number of rotatable bonds is 11. The number of anilines is 1. The van der Waals surface area contributed by atoms with Crippen LogP contribution in [0.3, 0.4) is 0 Å². The van der Waals surface area contributed by atoms with Gasteiger partial charge in [-0.1, -0.05) is 41.4 Å². The fraction of sp³-hybridized carbons (Fsp3) is 0.286. The second-order valence-corrected chi connectivity index (χ2v) is 11.1. The van der Waals surface area contributed by atoms with E-state index in [1.807, 2.05) is 6.92 Å². The summed E-state index contributed by atoms with van der Waals surface area (Å²) in [6, 6.07) is 16.9. The molecule has 0 aromatic heterocycles. The molecular weight excluding hydrogens is 542 g/mol. The zero-order valence-corrected chi connectivity index (χ0v) is 24.0. The van der Waals surface area contributed by atoms with Gasteiger partial charge in [0.05, 0.1) is 24.8 Å². The first-order valence-corrected chi connectivity index (χ1v) is 13.9. The predicted molar refractivity (Wildman–Crippen MR) is 151 cm³/mol. The van der Waals surface area contributed by atoms with Crippen LogP contribution in [0.15, 0.2) is 71.6 Å². The molecule has 1 N–H and O–H groups in total. The SMILES string of the molecule is CNC(=O)[C@@H](C)N(Cc1ccc(Cl)cc1)C(=O)CN(c1ccc(OC)c(OC)c1)S(=O)(=O)c1ccc(C)cc1. The number of halogens is 1. The van der Waals surface area contributed by atoms with E-state index in [1.54, 1.807) is 49.4 Å². The Balaban J connectivity index is 2.08. The Morgan fingerprint density at radius 2 is 1.56 bits per heavy atom. The van der Waals surface area contributed by atoms with Crippen LogP contribution in [-0.2, 0) is 26.2 Å². The molecule has 0 unspecified atom stereocenters. The summed E-state index contributed by atoms with van der Waals surface area (Å²) in [7, 11) is 0.175. The Labute approximate surface area is 234 Å². The zero-order valence-electron chi connectivity index (χ0n) is 22.5. The van der Waals surface area contributed by atoms with Crippen LogP contribution in [0, 0.1) is 6.92 Å². The van der Waals surface area contributed by atoms with E-state index in [-0.39, 0.29) is 17.1 Å². The molecule has 0 spiro atoms. The van der Waals surface area contributed by atoms with Crippen LogP contribution in [0.25, 0.3) is 0 Å². The van der Waals surface area contributed by atoms with Crippen molar-refractivity contribution in [3.8, 4) is 11.5 Å². The van der Waals surface area contributed by atoms with E-state index in [0.29, 0.717) is 16.5 Å². The van der Waals surface area contributed by atoms with E-state index in [9.17, 15) is 18.0 Å². The van der Waals surface area contributed by atoms with Crippen LogP contribution in [0.4, 0.5) is 5.69 Å². The topological polar surface area (TPSA) is 105 Å². The van der Waals surface area contributed by atoms with Crippen molar-refractivity contribution in [1.29, 1.82) is 0 Å². The molecule has 11 heteroatoms. The quantitative estimate of drug-likeness (QED) is 0.371. The van der Waals surface area contributed by atoms with Gasteiger partial charge in [-0.3, -0.25) is 13.9 Å². The number of carbonyl (C=O) groups is 2. The molecule has 0 saturated heterocycles. The minimum Gasteiger partial charge on any atom is -0.493 e. The summed E-state index contributed by atoms with van der Waals surface area (Å²) < 4.78 is 39.5. The molecule has 0 aliphatic heterocycles. The lowest BCUT2D eigenvalue weighted by Gasteiger charge is -2.32. The molecule has 0 heterocycles. The monoisotopic (exact) mass is 573 g/mol. The van der Waals surface area contributed by atoms with Crippen molar-refractivity contribution in [2.75, 3.05) is 32.1 Å². The molecule has 1 atom stereocenters. The minimum absolute atomic E-state index is 0.0132. The van der Waals surface area contributed by atoms with Crippen molar-refractivity contribution in [2.45, 2.75) is 31.3 Å². The molecule has 0 aliphatic carbocycles. The van der Waals surface area contributed by atoms with E-state index in [0.717, 1.165) is 15.4 Å². The fourth-order valence-electron chi connectivity index (χ4n) is 3.92. The first-order valence-electron chi connectivity index (χ1n) is 12.1. The van der Waals surface area contributed by atoms with Crippen molar-refractivity contribution in [1.82, 2.24) is 10.2 Å². The van der Waals surface area contributed by atoms with Gasteiger partial charge in [0, 0.05) is 24.7 Å². The molecule has 208 valence electrons. The van der Waals surface area contributed by atoms with Crippen LogP contribution in [0.5, 0.6) is 11.5 Å². The number of sulfonamides is 1. The number of nitrogens with zero attached hydrogens (tertiary/aromatic N) is 2. The lowest BCUT2D eigenvalue weighted by Crippen LogP contribution is -2.50. The number of amides is 2. The zero-order chi connectivity index (χ0) is 28.7. The Hall–Kier alpha value is -3.76. The maximum absolute atomic E-state index is 13.9. The van der Waals surface area contributed by atoms with E-state index >= 15 is 0 Å². The largest absolute Gasteiger partial charge is 0.493 e. The average molecular weight is 574 g/mol. The molecule has 2 amide bonds. The van der Waals surface area contributed by atoms with E-state index < -0.39 is 34.4 Å². The summed E-state index contributed by atoms with van der Waals surface area (Å²) in [5.41, 5.74) is 1.81. The number of aryl methyl sites for hydroxylation is 1. The van der Waals surface area contributed by atoms with Crippen LogP contribution >= 0.6 is 11.6 Å². The molecule has 0 radical (unpaired) electrons. The van der Waals surface area contributed by atoms with Crippen LogP contribution in [0.1, 0.15) is 18.1 Å². The molecule has 3 aromatic carbocycles. The maximum atomic E-state index is 13.9. The standard InChI is InChI=1S/C28H32ClN3O6S/c1-19-6-13-24(14-7-19)39(35,36)32(23-12-15-25(37-4)26(16-23)38-5)18-27(33)31(20(2)28(34)30-3)17-21-8-10-22(29)11-9-21/h6-16,20H,17-18H2,1-5H3,(H,30,34)/t20-/m1/s1. The van der Waals surface area contributed by atoms with Gasteiger partial charge in [0.25, 0.3) is 10.0 Å². The number of ether oxygens (including phenoxy) is 2. The van der Waals surface area contributed by atoms with Crippen molar-refractivity contribution < 1.29 is 27.5 Å². The molecule has 39 heavy (non-hydrogen) atoms. The number of nitrogens with one attached hydrogen (secondary N) is 1. The van der Waals surface area contributed by atoms with Gasteiger partial charge in [0.2, 0.25) is 11.8 Å². The number of methoxy groups -OCH3 is 2. The van der Waals surface area contributed by atoms with Crippen molar-refractivity contribution in [3.63, 3.8) is 0 Å². The summed E-state index contributed by atoms with van der Waals surface area (Å²) in [6.07, 6.45) is 0. The maximum Gasteiger partial charge on any atom is 0.264 e. The molecule has 0 bridgehead atoms. The summed E-state index contributed by atoms with van der Waals surface area (Å²) in [6.45, 7) is 2.93. The first kappa shape index (κ1) is 29.8. The highest BCUT2D eigenvalue weighted by Crippen LogP contribution is 2.34. The normalized spacial score (nSPS) is 11.8. The van der Waals surface area contributed by atoms with Crippen LogP contribution in [-0.4, -0.2) is 59.0 Å². The second kappa shape index (κ2) is 12.9. The lowest BCUT2D eigenvalue weighted by molar-refractivity contribution is -0.139. The summed E-state index contributed by atoms with van der Waals surface area (Å²) in [5, 5.41) is 3.08. The van der Waals surface area contributed by atoms with Gasteiger partial charge in [0.1, 0.15) is 12.6 Å². The van der Waals surface area contributed by atoms with Crippen LogP contribution in [0.2, 0.25) is 5.02 Å². The smallest absolute Gasteiger partial charge is 0.264 e. The van der Waals surface area contributed by atoms with Gasteiger partial charge in [0.15, 0.2) is 11.5 Å². The minimum atomic E-state index is -4.20. The third kappa shape index (κ3) is 7.01. The Morgan fingerprint density at radius 3 is 2.13 bits per heavy atom. The third-order valence-electron chi connectivity index (χ3n) is 6.22. The molecule has 0 saturated carbocycles. The van der Waals surface area contributed by atoms with Crippen molar-refractivity contribution in [3.05, 3.63) is 82.9 Å². The highest BCUT2D eigenvalue weighted by Gasteiger charge is 2.32. The summed E-state index contributed by atoms with van der Waals surface area (Å²) >= 11 is 6.01. The van der Waals surface area contributed by atoms with Gasteiger partial charge in [-0.2, -0.15) is 0 Å². The lowest BCUT2D eigenvalue weighted by atomic mass is 10.1. The van der Waals surface area contributed by atoms with Gasteiger partial charge >= 0.3 is 0 Å². The molecule has 3 aromatic rings. The van der Waals surface area contributed by atoms with E-state index in [2.05, 4.69) is 5.32 Å². The number of hydrogen-bond acceptors (Lipinski definition) is 6. The second-order valence-electron chi connectivity index (χ2n) is 8.80. The van der Waals surface area contributed by atoms with Gasteiger partial charge in [-0.05, 0) is 55.8 Å². The number of benzene rings is 3. The van der Waals surface area contributed by atoms with Crippen molar-refractivity contribution >= 4 is 39.1 Å². The van der Waals surface area contributed by atoms with Gasteiger partial charge < -0.3 is 19.7 Å². The van der Waals surface area contributed by atoms with Crippen molar-refractivity contribution in [2.24, 2.45) is 0 Å².